The molecule has 80 valence electrons. The maximum Gasteiger partial charge on any atom is 0.246 e. The summed E-state index contributed by atoms with van der Waals surface area (Å²) in [6.45, 7) is 0.819. The van der Waals surface area contributed by atoms with Crippen molar-refractivity contribution in [1.29, 1.82) is 0 Å². The lowest BCUT2D eigenvalue weighted by Gasteiger charge is -2.28. The molecule has 0 aromatic carbocycles. The molecule has 1 saturated heterocycles. The van der Waals surface area contributed by atoms with Gasteiger partial charge in [0.15, 0.2) is 0 Å². The van der Waals surface area contributed by atoms with Gasteiger partial charge in [-0.15, -0.1) is 0 Å². The van der Waals surface area contributed by atoms with E-state index < -0.39 is 0 Å². The molecule has 1 rings (SSSR count). The number of hydrogen-bond acceptors (Lipinski definition) is 4. The molecule has 0 saturated carbocycles. The Balaban J connectivity index is 2.39. The van der Waals surface area contributed by atoms with Gasteiger partial charge in [0.05, 0.1) is 6.04 Å². The number of piperidine rings is 1. The van der Waals surface area contributed by atoms with Crippen LogP contribution in [0.4, 0.5) is 0 Å². The zero-order chi connectivity index (χ0) is 10.6. The number of carbonyl (C=O) groups is 2. The fourth-order valence-corrected chi connectivity index (χ4v) is 1.76. The van der Waals surface area contributed by atoms with Gasteiger partial charge in [-0.05, 0) is 12.7 Å². The Morgan fingerprint density at radius 3 is 2.93 bits per heavy atom. The molecule has 4 nitrogen and oxygen atoms in total. The summed E-state index contributed by atoms with van der Waals surface area (Å²) in [6, 6.07) is -0.162. The van der Waals surface area contributed by atoms with Crippen molar-refractivity contribution in [1.82, 2.24) is 10.2 Å². The molecule has 0 spiro atoms. The third-order valence-corrected chi connectivity index (χ3v) is 2.96. The van der Waals surface area contributed by atoms with Gasteiger partial charge in [-0.25, -0.2) is 0 Å². The van der Waals surface area contributed by atoms with E-state index in [1.54, 1.807) is 18.8 Å². The minimum atomic E-state index is -0.162. The van der Waals surface area contributed by atoms with Gasteiger partial charge >= 0.3 is 0 Å². The lowest BCUT2D eigenvalue weighted by molar-refractivity contribution is -0.148. The van der Waals surface area contributed by atoms with Crippen LogP contribution < -0.4 is 5.32 Å². The highest BCUT2D eigenvalue weighted by atomic mass is 32.2. The van der Waals surface area contributed by atoms with E-state index in [1.165, 1.54) is 4.90 Å². The van der Waals surface area contributed by atoms with Crippen LogP contribution in [0.5, 0.6) is 0 Å². The van der Waals surface area contributed by atoms with Crippen LogP contribution in [0.2, 0.25) is 0 Å². The molecule has 14 heavy (non-hydrogen) atoms. The van der Waals surface area contributed by atoms with Gasteiger partial charge in [0.25, 0.3) is 0 Å². The largest absolute Gasteiger partial charge is 0.305 e. The molecule has 0 bridgehead atoms. The minimum Gasteiger partial charge on any atom is -0.305 e. The molecule has 2 amide bonds. The Labute approximate surface area is 88.4 Å². The molecule has 0 radical (unpaired) electrons. The summed E-state index contributed by atoms with van der Waals surface area (Å²) in [5, 5.41) is 3.16. The molecule has 1 N–H and O–H groups in total. The van der Waals surface area contributed by atoms with Crippen molar-refractivity contribution >= 4 is 23.6 Å². The molecule has 0 aromatic rings. The number of likely N-dealkylation sites (N-methyl/N-ethyl adjacent to an activating group) is 1. The first-order valence-electron chi connectivity index (χ1n) is 4.69. The standard InChI is InChI=1S/C9H16N2O2S/c1-11-8(12)4-3-7(9(11)13)10-5-6-14-2/h7,10H,3-6H2,1-2H3. The van der Waals surface area contributed by atoms with Crippen molar-refractivity contribution in [2.75, 3.05) is 25.6 Å². The zero-order valence-corrected chi connectivity index (χ0v) is 9.39. The van der Waals surface area contributed by atoms with E-state index in [2.05, 4.69) is 5.32 Å². The van der Waals surface area contributed by atoms with Crippen LogP contribution in [0.25, 0.3) is 0 Å². The van der Waals surface area contributed by atoms with E-state index >= 15 is 0 Å². The molecule has 5 heteroatoms. The van der Waals surface area contributed by atoms with Gasteiger partial charge in [-0.2, -0.15) is 11.8 Å². The van der Waals surface area contributed by atoms with Crippen molar-refractivity contribution in [2.24, 2.45) is 0 Å². The number of amides is 2. The van der Waals surface area contributed by atoms with Gasteiger partial charge in [0, 0.05) is 25.8 Å². The van der Waals surface area contributed by atoms with E-state index in [0.717, 1.165) is 12.3 Å². The Morgan fingerprint density at radius 1 is 1.57 bits per heavy atom. The van der Waals surface area contributed by atoms with Crippen LogP contribution in [0.1, 0.15) is 12.8 Å². The predicted octanol–water partition coefficient (Wildman–Crippen LogP) is 0.0864. The van der Waals surface area contributed by atoms with Gasteiger partial charge in [0.1, 0.15) is 0 Å². The molecule has 1 aliphatic heterocycles. The molecule has 1 fully saturated rings. The summed E-state index contributed by atoms with van der Waals surface area (Å²) >= 11 is 1.74. The second kappa shape index (κ2) is 5.36. The van der Waals surface area contributed by atoms with Gasteiger partial charge < -0.3 is 5.32 Å². The number of imide groups is 1. The minimum absolute atomic E-state index is 0.0714. The number of carbonyl (C=O) groups excluding carboxylic acids is 2. The Bertz CT molecular complexity index is 233. The lowest BCUT2D eigenvalue weighted by Crippen LogP contribution is -2.51. The molecule has 1 aliphatic rings. The SMILES string of the molecule is CSCCNC1CCC(=O)N(C)C1=O. The molecule has 1 atom stereocenters. The highest BCUT2D eigenvalue weighted by Gasteiger charge is 2.30. The quantitative estimate of drug-likeness (QED) is 0.534. The zero-order valence-electron chi connectivity index (χ0n) is 8.58. The average molecular weight is 216 g/mol. The summed E-state index contributed by atoms with van der Waals surface area (Å²) < 4.78 is 0. The number of nitrogens with zero attached hydrogens (tertiary/aromatic N) is 1. The first-order valence-corrected chi connectivity index (χ1v) is 6.09. The van der Waals surface area contributed by atoms with Crippen molar-refractivity contribution in [2.45, 2.75) is 18.9 Å². The summed E-state index contributed by atoms with van der Waals surface area (Å²) in [6.07, 6.45) is 3.13. The number of thioether (sulfide) groups is 1. The topological polar surface area (TPSA) is 49.4 Å². The third kappa shape index (κ3) is 2.72. The summed E-state index contributed by atoms with van der Waals surface area (Å²) in [5.74, 6) is 0.821. The Morgan fingerprint density at radius 2 is 2.29 bits per heavy atom. The number of nitrogens with one attached hydrogen (secondary N) is 1. The Hall–Kier alpha value is -0.550. The fraction of sp³-hybridized carbons (Fsp3) is 0.778. The van der Waals surface area contributed by atoms with Crippen LogP contribution >= 0.6 is 11.8 Å². The molecule has 0 aliphatic carbocycles. The lowest BCUT2D eigenvalue weighted by atomic mass is 10.1. The third-order valence-electron chi connectivity index (χ3n) is 2.35. The van der Waals surface area contributed by atoms with E-state index in [1.807, 2.05) is 6.26 Å². The highest BCUT2D eigenvalue weighted by Crippen LogP contribution is 2.11. The van der Waals surface area contributed by atoms with E-state index in [4.69, 9.17) is 0 Å². The van der Waals surface area contributed by atoms with Gasteiger partial charge in [-0.3, -0.25) is 14.5 Å². The predicted molar refractivity (Wildman–Crippen MR) is 57.2 cm³/mol. The van der Waals surface area contributed by atoms with E-state index in [-0.39, 0.29) is 17.9 Å². The molecule has 1 heterocycles. The second-order valence-electron chi connectivity index (χ2n) is 3.33. The summed E-state index contributed by atoms with van der Waals surface area (Å²) in [5.41, 5.74) is 0. The summed E-state index contributed by atoms with van der Waals surface area (Å²) in [4.78, 5) is 23.9. The first kappa shape index (κ1) is 11.5. The van der Waals surface area contributed by atoms with Crippen LogP contribution in [0, 0.1) is 0 Å². The van der Waals surface area contributed by atoms with Crippen LogP contribution in [-0.4, -0.2) is 48.4 Å². The Kier molecular flexibility index (Phi) is 4.41. The van der Waals surface area contributed by atoms with Crippen molar-refractivity contribution in [3.8, 4) is 0 Å². The normalized spacial score (nSPS) is 23.0. The van der Waals surface area contributed by atoms with E-state index in [0.29, 0.717) is 12.8 Å². The first-order chi connectivity index (χ1) is 6.66. The maximum absolute atomic E-state index is 11.6. The van der Waals surface area contributed by atoms with Crippen LogP contribution in [-0.2, 0) is 9.59 Å². The smallest absolute Gasteiger partial charge is 0.246 e. The van der Waals surface area contributed by atoms with Crippen molar-refractivity contribution in [3.63, 3.8) is 0 Å². The van der Waals surface area contributed by atoms with Gasteiger partial charge in [-0.1, -0.05) is 0 Å². The molecular weight excluding hydrogens is 200 g/mol. The van der Waals surface area contributed by atoms with E-state index in [9.17, 15) is 9.59 Å². The highest BCUT2D eigenvalue weighted by molar-refractivity contribution is 7.98. The second-order valence-corrected chi connectivity index (χ2v) is 4.31. The number of likely N-dealkylation sites (tertiary alicyclic amines) is 1. The molecule has 1 unspecified atom stereocenters. The van der Waals surface area contributed by atoms with Crippen molar-refractivity contribution < 1.29 is 9.59 Å². The summed E-state index contributed by atoms with van der Waals surface area (Å²) in [7, 11) is 1.55. The monoisotopic (exact) mass is 216 g/mol. The van der Waals surface area contributed by atoms with Crippen LogP contribution in [0.15, 0.2) is 0 Å². The van der Waals surface area contributed by atoms with Crippen LogP contribution in [0.3, 0.4) is 0 Å². The fourth-order valence-electron chi connectivity index (χ4n) is 1.44. The average Bonchev–Trinajstić information content (AvgIpc) is 2.18. The van der Waals surface area contributed by atoms with Gasteiger partial charge in [0.2, 0.25) is 11.8 Å². The molecular formula is C9H16N2O2S. The number of hydrogen-bond donors (Lipinski definition) is 1. The van der Waals surface area contributed by atoms with Crippen molar-refractivity contribution in [3.05, 3.63) is 0 Å². The number of rotatable bonds is 4. The molecule has 0 aromatic heterocycles. The maximum atomic E-state index is 11.6.